The minimum atomic E-state index is -4.61. The van der Waals surface area contributed by atoms with Gasteiger partial charge in [-0.25, -0.2) is 0 Å². The highest BCUT2D eigenvalue weighted by Gasteiger charge is 2.34. The summed E-state index contributed by atoms with van der Waals surface area (Å²) in [4.78, 5) is 28.8. The molecule has 5 rings (SSSR count). The second kappa shape index (κ2) is 11.0. The molecule has 0 aliphatic carbocycles. The van der Waals surface area contributed by atoms with E-state index >= 15 is 0 Å². The summed E-state index contributed by atoms with van der Waals surface area (Å²) in [5.74, 6) is -0.740. The van der Waals surface area contributed by atoms with Crippen molar-refractivity contribution in [3.05, 3.63) is 131 Å². The first-order valence-corrected chi connectivity index (χ1v) is 12.5. The van der Waals surface area contributed by atoms with E-state index in [9.17, 15) is 22.8 Å². The Labute approximate surface area is 228 Å². The number of nitrogens with zero attached hydrogens (tertiary/aromatic N) is 1. The number of pyridine rings is 1. The number of aromatic nitrogens is 1. The molecular formula is C32H24F3N3O2. The number of nitrogens with two attached hydrogens (primary N) is 1. The number of halogens is 3. The van der Waals surface area contributed by atoms with Crippen molar-refractivity contribution in [2.75, 3.05) is 5.32 Å². The van der Waals surface area contributed by atoms with E-state index in [0.717, 1.165) is 17.2 Å². The minimum Gasteiger partial charge on any atom is -0.381 e. The summed E-state index contributed by atoms with van der Waals surface area (Å²) in [5.41, 5.74) is 8.24. The molecular weight excluding hydrogens is 515 g/mol. The number of nitrogens with one attached hydrogen (secondary N) is 1. The summed E-state index contributed by atoms with van der Waals surface area (Å²) >= 11 is 0. The molecule has 1 heterocycles. The average molecular weight is 540 g/mol. The summed E-state index contributed by atoms with van der Waals surface area (Å²) in [5, 5.41) is 3.56. The Morgan fingerprint density at radius 2 is 1.52 bits per heavy atom. The van der Waals surface area contributed by atoms with Gasteiger partial charge >= 0.3 is 6.18 Å². The van der Waals surface area contributed by atoms with Crippen molar-refractivity contribution in [3.63, 3.8) is 0 Å². The molecule has 8 heteroatoms. The highest BCUT2D eigenvalue weighted by atomic mass is 19.4. The lowest BCUT2D eigenvalue weighted by atomic mass is 9.91. The largest absolute Gasteiger partial charge is 0.418 e. The molecule has 5 nitrogen and oxygen atoms in total. The molecule has 0 aliphatic heterocycles. The van der Waals surface area contributed by atoms with Gasteiger partial charge in [0, 0.05) is 40.5 Å². The molecule has 1 amide bonds. The van der Waals surface area contributed by atoms with Gasteiger partial charge in [0.05, 0.1) is 17.5 Å². The summed E-state index contributed by atoms with van der Waals surface area (Å²) in [6.07, 6.45) is -3.21. The number of hydrogen-bond donors (Lipinski definition) is 2. The third kappa shape index (κ3) is 5.71. The Hall–Kier alpha value is -4.98. The molecule has 40 heavy (non-hydrogen) atoms. The molecule has 0 unspecified atom stereocenters. The van der Waals surface area contributed by atoms with E-state index in [2.05, 4.69) is 10.3 Å². The highest BCUT2D eigenvalue weighted by molar-refractivity contribution is 6.16. The van der Waals surface area contributed by atoms with Crippen LogP contribution in [-0.4, -0.2) is 16.7 Å². The summed E-state index contributed by atoms with van der Waals surface area (Å²) in [6.45, 7) is 0.464. The first-order valence-electron chi connectivity index (χ1n) is 12.5. The first-order chi connectivity index (χ1) is 19.2. The number of hydrogen-bond acceptors (Lipinski definition) is 4. The van der Waals surface area contributed by atoms with Crippen molar-refractivity contribution in [2.24, 2.45) is 5.73 Å². The van der Waals surface area contributed by atoms with E-state index in [0.29, 0.717) is 28.9 Å². The van der Waals surface area contributed by atoms with Gasteiger partial charge in [-0.15, -0.1) is 0 Å². The van der Waals surface area contributed by atoms with Crippen molar-refractivity contribution in [2.45, 2.75) is 19.1 Å². The summed E-state index contributed by atoms with van der Waals surface area (Å²) < 4.78 is 41.5. The SMILES string of the molecule is NC(=O)Cc1ccc(CNc2cccc(-c3c(C(=O)c4ccccc4)cnc4c(C(F)(F)F)cccc34)c2)cc1. The topological polar surface area (TPSA) is 85.1 Å². The summed E-state index contributed by atoms with van der Waals surface area (Å²) in [7, 11) is 0. The van der Waals surface area contributed by atoms with Crippen LogP contribution in [0.2, 0.25) is 0 Å². The van der Waals surface area contributed by atoms with Crippen LogP contribution >= 0.6 is 0 Å². The molecule has 0 saturated carbocycles. The molecule has 0 aliphatic rings. The molecule has 0 bridgehead atoms. The average Bonchev–Trinajstić information content (AvgIpc) is 2.95. The molecule has 1 aromatic heterocycles. The first kappa shape index (κ1) is 26.6. The molecule has 0 fully saturated rings. The van der Waals surface area contributed by atoms with Gasteiger partial charge in [0.2, 0.25) is 5.91 Å². The number of rotatable bonds is 8. The monoisotopic (exact) mass is 539 g/mol. The lowest BCUT2D eigenvalue weighted by molar-refractivity contribution is -0.136. The second-order valence-corrected chi connectivity index (χ2v) is 9.34. The van der Waals surface area contributed by atoms with Gasteiger partial charge in [-0.3, -0.25) is 14.6 Å². The maximum Gasteiger partial charge on any atom is 0.418 e. The third-order valence-electron chi connectivity index (χ3n) is 6.53. The molecule has 4 aromatic carbocycles. The lowest BCUT2D eigenvalue weighted by Gasteiger charge is -2.17. The normalized spacial score (nSPS) is 11.4. The van der Waals surface area contributed by atoms with Crippen LogP contribution in [0.3, 0.4) is 0 Å². The van der Waals surface area contributed by atoms with Crippen LogP contribution in [0.25, 0.3) is 22.0 Å². The molecule has 200 valence electrons. The highest BCUT2D eigenvalue weighted by Crippen LogP contribution is 2.39. The number of carbonyl (C=O) groups is 2. The number of ketones is 1. The fraction of sp³-hybridized carbons (Fsp3) is 0.0938. The molecule has 3 N–H and O–H groups in total. The van der Waals surface area contributed by atoms with Gasteiger partial charge in [-0.1, -0.05) is 78.9 Å². The fourth-order valence-electron chi connectivity index (χ4n) is 4.64. The Bertz CT molecular complexity index is 1700. The van der Waals surface area contributed by atoms with Crippen LogP contribution in [0.5, 0.6) is 0 Å². The second-order valence-electron chi connectivity index (χ2n) is 9.34. The van der Waals surface area contributed by atoms with Gasteiger partial charge in [-0.2, -0.15) is 13.2 Å². The number of carbonyl (C=O) groups excluding carboxylic acids is 2. The van der Waals surface area contributed by atoms with Crippen LogP contribution < -0.4 is 11.1 Å². The molecule has 0 spiro atoms. The Balaban J connectivity index is 1.56. The van der Waals surface area contributed by atoms with Gasteiger partial charge < -0.3 is 11.1 Å². The van der Waals surface area contributed by atoms with E-state index < -0.39 is 17.6 Å². The minimum absolute atomic E-state index is 0.162. The maximum atomic E-state index is 13.8. The number of amides is 1. The molecule has 0 radical (unpaired) electrons. The van der Waals surface area contributed by atoms with Crippen molar-refractivity contribution >= 4 is 28.3 Å². The third-order valence-corrected chi connectivity index (χ3v) is 6.53. The fourth-order valence-corrected chi connectivity index (χ4v) is 4.64. The van der Waals surface area contributed by atoms with Crippen molar-refractivity contribution in [1.29, 1.82) is 0 Å². The smallest absolute Gasteiger partial charge is 0.381 e. The van der Waals surface area contributed by atoms with E-state index in [1.807, 2.05) is 30.3 Å². The quantitative estimate of drug-likeness (QED) is 0.213. The zero-order chi connectivity index (χ0) is 28.3. The zero-order valence-electron chi connectivity index (χ0n) is 21.2. The number of primary amides is 1. The predicted octanol–water partition coefficient (Wildman–Crippen LogP) is 6.79. The molecule has 0 atom stereocenters. The van der Waals surface area contributed by atoms with Crippen LogP contribution in [0, 0.1) is 0 Å². The van der Waals surface area contributed by atoms with Crippen LogP contribution in [0.4, 0.5) is 18.9 Å². The van der Waals surface area contributed by atoms with Crippen LogP contribution in [-0.2, 0) is 23.9 Å². The Morgan fingerprint density at radius 1 is 0.825 bits per heavy atom. The van der Waals surface area contributed by atoms with Gasteiger partial charge in [0.15, 0.2) is 5.78 Å². The lowest BCUT2D eigenvalue weighted by Crippen LogP contribution is -2.13. The van der Waals surface area contributed by atoms with E-state index in [1.165, 1.54) is 12.3 Å². The van der Waals surface area contributed by atoms with Gasteiger partial charge in [-0.05, 0) is 34.9 Å². The zero-order valence-corrected chi connectivity index (χ0v) is 21.2. The Morgan fingerprint density at radius 3 is 2.23 bits per heavy atom. The number of fused-ring (bicyclic) bond motifs is 1. The number of para-hydroxylation sites is 1. The Kier molecular flexibility index (Phi) is 7.33. The van der Waals surface area contributed by atoms with Crippen molar-refractivity contribution in [3.8, 4) is 11.1 Å². The van der Waals surface area contributed by atoms with Crippen LogP contribution in [0.1, 0.15) is 32.6 Å². The standard InChI is InChI=1S/C32H24F3N3O2/c33-32(34,35)27-11-5-10-25-29(26(19-38-30(25)27)31(40)22-6-2-1-3-7-22)23-8-4-9-24(17-23)37-18-21-14-12-20(13-15-21)16-28(36)39/h1-15,17,19,37H,16,18H2,(H2,36,39). The van der Waals surface area contributed by atoms with E-state index in [1.54, 1.807) is 54.6 Å². The van der Waals surface area contributed by atoms with Crippen molar-refractivity contribution < 1.29 is 22.8 Å². The maximum absolute atomic E-state index is 13.8. The number of anilines is 1. The van der Waals surface area contributed by atoms with E-state index in [4.69, 9.17) is 5.73 Å². The predicted molar refractivity (Wildman–Crippen MR) is 149 cm³/mol. The number of benzene rings is 4. The van der Waals surface area contributed by atoms with Gasteiger partial charge in [0.1, 0.15) is 0 Å². The molecule has 0 saturated heterocycles. The summed E-state index contributed by atoms with van der Waals surface area (Å²) in [6, 6.07) is 27.1. The van der Waals surface area contributed by atoms with E-state index in [-0.39, 0.29) is 28.7 Å². The van der Waals surface area contributed by atoms with Gasteiger partial charge in [0.25, 0.3) is 0 Å². The van der Waals surface area contributed by atoms with Crippen molar-refractivity contribution in [1.82, 2.24) is 4.98 Å². The number of alkyl halides is 3. The molecule has 5 aromatic rings. The van der Waals surface area contributed by atoms with Crippen LogP contribution in [0.15, 0.2) is 103 Å².